The highest BCUT2D eigenvalue weighted by atomic mass is 32.3. The minimum Gasteiger partial charge on any atom is -0.389 e. The van der Waals surface area contributed by atoms with Gasteiger partial charge in [0.1, 0.15) is 0 Å². The lowest BCUT2D eigenvalue weighted by molar-refractivity contribution is 0.0396. The number of aliphatic hydroxyl groups excluding tert-OH is 1. The van der Waals surface area contributed by atoms with Gasteiger partial charge in [0, 0.05) is 13.2 Å². The third-order valence-electron chi connectivity index (χ3n) is 3.49. The van der Waals surface area contributed by atoms with Gasteiger partial charge >= 0.3 is 10.4 Å². The summed E-state index contributed by atoms with van der Waals surface area (Å²) in [5.74, 6) is 0. The predicted octanol–water partition coefficient (Wildman–Crippen LogP) is 3.07. The summed E-state index contributed by atoms with van der Waals surface area (Å²) in [7, 11) is -4.17. The number of ether oxygens (including phenoxy) is 1. The molecule has 7 nitrogen and oxygen atoms in total. The molecule has 154 valence electrons. The molecule has 0 aromatic heterocycles. The smallest absolute Gasteiger partial charge is 0.389 e. The van der Waals surface area contributed by atoms with Gasteiger partial charge < -0.3 is 15.6 Å². The molecule has 0 saturated heterocycles. The van der Waals surface area contributed by atoms with Crippen LogP contribution in [-0.4, -0.2) is 50.5 Å². The molecular formula is C17H39NO6S. The predicted molar refractivity (Wildman–Crippen MR) is 101 cm³/mol. The summed E-state index contributed by atoms with van der Waals surface area (Å²) in [5.41, 5.74) is 5.28. The standard InChI is InChI=1S/C15H33NO2.C2H6O4S/c1-2-3-4-5-6-7-8-9-10-11-12-18-14-15(17)13-16;1-2-6-7(3,4)5/h15,17H,2-14,16H2,1H3;2H2,1H3,(H,3,4,5). The van der Waals surface area contributed by atoms with Crippen molar-refractivity contribution in [3.05, 3.63) is 0 Å². The Bertz CT molecular complexity index is 351. The van der Waals surface area contributed by atoms with E-state index in [0.29, 0.717) is 6.61 Å². The highest BCUT2D eigenvalue weighted by molar-refractivity contribution is 7.80. The fourth-order valence-electron chi connectivity index (χ4n) is 2.13. The van der Waals surface area contributed by atoms with E-state index in [1.807, 2.05) is 0 Å². The molecule has 25 heavy (non-hydrogen) atoms. The first-order valence-electron chi connectivity index (χ1n) is 9.45. The van der Waals surface area contributed by atoms with Gasteiger partial charge in [0.05, 0.1) is 19.3 Å². The Morgan fingerprint density at radius 3 is 1.76 bits per heavy atom. The summed E-state index contributed by atoms with van der Waals surface area (Å²) < 4.78 is 36.0. The molecule has 0 saturated carbocycles. The third kappa shape index (κ3) is 28.8. The maximum Gasteiger partial charge on any atom is 0.397 e. The van der Waals surface area contributed by atoms with Crippen molar-refractivity contribution in [2.24, 2.45) is 5.73 Å². The van der Waals surface area contributed by atoms with E-state index in [9.17, 15) is 8.42 Å². The van der Waals surface area contributed by atoms with Crippen molar-refractivity contribution in [3.8, 4) is 0 Å². The topological polar surface area (TPSA) is 119 Å². The first-order chi connectivity index (χ1) is 11.9. The lowest BCUT2D eigenvalue weighted by atomic mass is 10.1. The SMILES string of the molecule is CCCCCCCCCCCCOCC(O)CN.CCOS(=O)(=O)O. The third-order valence-corrected chi connectivity index (χ3v) is 4.02. The quantitative estimate of drug-likeness (QED) is 0.276. The maximum absolute atomic E-state index is 9.56. The molecule has 0 aromatic rings. The summed E-state index contributed by atoms with van der Waals surface area (Å²) in [5, 5.41) is 9.17. The molecule has 1 unspecified atom stereocenters. The molecule has 0 radical (unpaired) electrons. The maximum atomic E-state index is 9.56. The highest BCUT2D eigenvalue weighted by Gasteiger charge is 2.00. The molecule has 0 spiro atoms. The van der Waals surface area contributed by atoms with Crippen LogP contribution in [-0.2, 0) is 19.3 Å². The normalized spacial score (nSPS) is 12.5. The molecule has 0 aliphatic carbocycles. The number of rotatable bonds is 16. The molecule has 0 aliphatic heterocycles. The number of unbranched alkanes of at least 4 members (excludes halogenated alkanes) is 9. The van der Waals surface area contributed by atoms with E-state index in [-0.39, 0.29) is 13.2 Å². The van der Waals surface area contributed by atoms with E-state index < -0.39 is 16.5 Å². The van der Waals surface area contributed by atoms with Crippen LogP contribution in [0, 0.1) is 0 Å². The van der Waals surface area contributed by atoms with Gasteiger partial charge in [-0.25, -0.2) is 4.18 Å². The average Bonchev–Trinajstić information content (AvgIpc) is 2.55. The van der Waals surface area contributed by atoms with Crippen molar-refractivity contribution in [3.63, 3.8) is 0 Å². The van der Waals surface area contributed by atoms with Crippen molar-refractivity contribution >= 4 is 10.4 Å². The fourth-order valence-corrected chi connectivity index (χ4v) is 2.43. The monoisotopic (exact) mass is 385 g/mol. The van der Waals surface area contributed by atoms with Crippen LogP contribution in [0.3, 0.4) is 0 Å². The minimum absolute atomic E-state index is 0.0289. The summed E-state index contributed by atoms with van der Waals surface area (Å²) >= 11 is 0. The Labute approximate surface area is 154 Å². The largest absolute Gasteiger partial charge is 0.397 e. The molecule has 0 aromatic carbocycles. The zero-order chi connectivity index (χ0) is 19.4. The lowest BCUT2D eigenvalue weighted by Gasteiger charge is -2.08. The molecule has 0 rings (SSSR count). The van der Waals surface area contributed by atoms with Gasteiger partial charge in [-0.15, -0.1) is 0 Å². The molecule has 0 amide bonds. The first-order valence-corrected chi connectivity index (χ1v) is 10.8. The van der Waals surface area contributed by atoms with Gasteiger partial charge in [-0.1, -0.05) is 64.7 Å². The van der Waals surface area contributed by atoms with E-state index in [1.165, 1.54) is 64.7 Å². The number of hydrogen-bond acceptors (Lipinski definition) is 6. The Kier molecular flexibility index (Phi) is 21.7. The van der Waals surface area contributed by atoms with E-state index in [0.717, 1.165) is 13.0 Å². The minimum atomic E-state index is -4.17. The van der Waals surface area contributed by atoms with Crippen LogP contribution in [0.2, 0.25) is 0 Å². The van der Waals surface area contributed by atoms with E-state index in [1.54, 1.807) is 0 Å². The van der Waals surface area contributed by atoms with Crippen molar-refractivity contribution in [1.82, 2.24) is 0 Å². The van der Waals surface area contributed by atoms with Crippen molar-refractivity contribution in [2.75, 3.05) is 26.4 Å². The molecule has 0 aliphatic rings. The number of hydrogen-bond donors (Lipinski definition) is 3. The number of nitrogens with two attached hydrogens (primary N) is 1. The van der Waals surface area contributed by atoms with Crippen LogP contribution in [0.1, 0.15) is 78.1 Å². The zero-order valence-corrected chi connectivity index (χ0v) is 16.8. The van der Waals surface area contributed by atoms with Crippen LogP contribution in [0.25, 0.3) is 0 Å². The average molecular weight is 386 g/mol. The summed E-state index contributed by atoms with van der Waals surface area (Å²) in [6.07, 6.45) is 12.9. The van der Waals surface area contributed by atoms with Gasteiger partial charge in [-0.2, -0.15) is 8.42 Å². The molecule has 8 heteroatoms. The Hall–Kier alpha value is -0.250. The fraction of sp³-hybridized carbons (Fsp3) is 1.00. The molecule has 0 bridgehead atoms. The van der Waals surface area contributed by atoms with E-state index >= 15 is 0 Å². The van der Waals surface area contributed by atoms with Crippen molar-refractivity contribution in [1.29, 1.82) is 0 Å². The second-order valence-electron chi connectivity index (χ2n) is 5.98. The van der Waals surface area contributed by atoms with E-state index in [4.69, 9.17) is 20.1 Å². The molecule has 4 N–H and O–H groups in total. The van der Waals surface area contributed by atoms with Gasteiger partial charge in [-0.3, -0.25) is 4.55 Å². The Balaban J connectivity index is 0. The van der Waals surface area contributed by atoms with Gasteiger partial charge in [-0.05, 0) is 13.3 Å². The van der Waals surface area contributed by atoms with Crippen LogP contribution in [0.5, 0.6) is 0 Å². The van der Waals surface area contributed by atoms with Gasteiger partial charge in [0.15, 0.2) is 0 Å². The van der Waals surface area contributed by atoms with Crippen LogP contribution in [0.4, 0.5) is 0 Å². The molecule has 0 heterocycles. The highest BCUT2D eigenvalue weighted by Crippen LogP contribution is 2.10. The molecular weight excluding hydrogens is 346 g/mol. The second-order valence-corrected chi connectivity index (χ2v) is 7.07. The zero-order valence-electron chi connectivity index (χ0n) is 16.0. The van der Waals surface area contributed by atoms with E-state index in [2.05, 4.69) is 11.1 Å². The Morgan fingerprint density at radius 1 is 0.920 bits per heavy atom. The summed E-state index contributed by atoms with van der Waals surface area (Å²) in [6.45, 7) is 5.13. The second kappa shape index (κ2) is 20.1. The Morgan fingerprint density at radius 2 is 1.40 bits per heavy atom. The van der Waals surface area contributed by atoms with Gasteiger partial charge in [0.2, 0.25) is 0 Å². The summed E-state index contributed by atoms with van der Waals surface area (Å²) in [6, 6.07) is 0. The van der Waals surface area contributed by atoms with Crippen molar-refractivity contribution in [2.45, 2.75) is 84.2 Å². The summed E-state index contributed by atoms with van der Waals surface area (Å²) in [4.78, 5) is 0. The lowest BCUT2D eigenvalue weighted by Crippen LogP contribution is -2.25. The molecule has 0 fully saturated rings. The van der Waals surface area contributed by atoms with Crippen molar-refractivity contribution < 1.29 is 27.0 Å². The first kappa shape index (κ1) is 27.0. The molecule has 1 atom stereocenters. The van der Waals surface area contributed by atoms with Gasteiger partial charge in [0.25, 0.3) is 0 Å². The van der Waals surface area contributed by atoms with Crippen LogP contribution in [0.15, 0.2) is 0 Å². The number of aliphatic hydroxyl groups is 1. The van der Waals surface area contributed by atoms with Crippen LogP contribution >= 0.6 is 0 Å². The van der Waals surface area contributed by atoms with Crippen LogP contribution < -0.4 is 5.73 Å².